The fourth-order valence-electron chi connectivity index (χ4n) is 1.74. The first-order chi connectivity index (χ1) is 8.97. The summed E-state index contributed by atoms with van der Waals surface area (Å²) < 4.78 is 13.1. The van der Waals surface area contributed by atoms with Crippen LogP contribution < -0.4 is 5.56 Å². The molecular weight excluding hydrogens is 251 g/mol. The topological polar surface area (TPSA) is 83.0 Å². The molecule has 2 rings (SSSR count). The maximum absolute atomic E-state index is 13.1. The van der Waals surface area contributed by atoms with Gasteiger partial charge in [0, 0.05) is 16.8 Å². The predicted molar refractivity (Wildman–Crippen MR) is 66.3 cm³/mol. The zero-order valence-corrected chi connectivity index (χ0v) is 10.1. The summed E-state index contributed by atoms with van der Waals surface area (Å²) in [6, 6.07) is 5.64. The minimum absolute atomic E-state index is 0.104. The zero-order valence-electron chi connectivity index (χ0n) is 10.1. The van der Waals surface area contributed by atoms with Crippen LogP contribution in [0.4, 0.5) is 4.39 Å². The quantitative estimate of drug-likeness (QED) is 0.878. The van der Waals surface area contributed by atoms with Crippen molar-refractivity contribution in [1.29, 1.82) is 0 Å². The van der Waals surface area contributed by atoms with Crippen molar-refractivity contribution in [2.45, 2.75) is 13.3 Å². The van der Waals surface area contributed by atoms with E-state index >= 15 is 0 Å². The highest BCUT2D eigenvalue weighted by Gasteiger charge is 2.12. The van der Waals surface area contributed by atoms with Crippen molar-refractivity contribution in [3.8, 4) is 11.4 Å². The van der Waals surface area contributed by atoms with Gasteiger partial charge in [0.05, 0.1) is 6.42 Å². The van der Waals surface area contributed by atoms with Gasteiger partial charge >= 0.3 is 5.97 Å². The molecule has 0 saturated heterocycles. The Hall–Kier alpha value is -2.50. The van der Waals surface area contributed by atoms with Crippen molar-refractivity contribution < 1.29 is 14.3 Å². The van der Waals surface area contributed by atoms with E-state index in [9.17, 15) is 14.0 Å². The largest absolute Gasteiger partial charge is 0.481 e. The fraction of sp³-hybridized carbons (Fsp3) is 0.154. The summed E-state index contributed by atoms with van der Waals surface area (Å²) in [7, 11) is 0. The molecule has 0 aliphatic heterocycles. The number of halogens is 1. The van der Waals surface area contributed by atoms with Crippen LogP contribution in [0.5, 0.6) is 0 Å². The van der Waals surface area contributed by atoms with E-state index in [2.05, 4.69) is 9.97 Å². The Morgan fingerprint density at radius 1 is 1.47 bits per heavy atom. The van der Waals surface area contributed by atoms with Gasteiger partial charge < -0.3 is 10.1 Å². The molecule has 2 aromatic rings. The highest BCUT2D eigenvalue weighted by molar-refractivity contribution is 5.70. The van der Waals surface area contributed by atoms with Gasteiger partial charge in [-0.1, -0.05) is 12.1 Å². The number of hydrogen-bond acceptors (Lipinski definition) is 3. The molecule has 0 atom stereocenters. The Bertz CT molecular complexity index is 695. The summed E-state index contributed by atoms with van der Waals surface area (Å²) >= 11 is 0. The van der Waals surface area contributed by atoms with Crippen molar-refractivity contribution in [2.75, 3.05) is 0 Å². The molecule has 2 N–H and O–H groups in total. The molecule has 0 aliphatic carbocycles. The molecule has 0 fully saturated rings. The van der Waals surface area contributed by atoms with Crippen LogP contribution in [0.2, 0.25) is 0 Å². The van der Waals surface area contributed by atoms with Gasteiger partial charge in [-0.05, 0) is 19.1 Å². The summed E-state index contributed by atoms with van der Waals surface area (Å²) in [5.74, 6) is -1.32. The Labute approximate surface area is 107 Å². The first-order valence-corrected chi connectivity index (χ1v) is 5.55. The van der Waals surface area contributed by atoms with Crippen LogP contribution in [0.25, 0.3) is 11.4 Å². The van der Waals surface area contributed by atoms with E-state index < -0.39 is 23.8 Å². The number of H-pyrrole nitrogens is 1. The number of carboxylic acids is 1. The van der Waals surface area contributed by atoms with Gasteiger partial charge in [-0.3, -0.25) is 9.59 Å². The lowest BCUT2D eigenvalue weighted by Gasteiger charge is -2.05. The van der Waals surface area contributed by atoms with Crippen molar-refractivity contribution in [3.63, 3.8) is 0 Å². The van der Waals surface area contributed by atoms with E-state index in [1.165, 1.54) is 18.2 Å². The van der Waals surface area contributed by atoms with E-state index in [4.69, 9.17) is 5.11 Å². The monoisotopic (exact) mass is 262 g/mol. The lowest BCUT2D eigenvalue weighted by atomic mass is 10.1. The number of aromatic nitrogens is 2. The maximum atomic E-state index is 13.1. The molecule has 0 unspecified atom stereocenters. The maximum Gasteiger partial charge on any atom is 0.308 e. The van der Waals surface area contributed by atoms with E-state index in [0.717, 1.165) is 0 Å². The first kappa shape index (κ1) is 12.9. The van der Waals surface area contributed by atoms with Gasteiger partial charge in [0.2, 0.25) is 0 Å². The van der Waals surface area contributed by atoms with Crippen molar-refractivity contribution in [2.24, 2.45) is 0 Å². The minimum atomic E-state index is -1.10. The molecule has 0 spiro atoms. The number of aliphatic carboxylic acids is 1. The molecule has 0 bridgehead atoms. The molecule has 6 heteroatoms. The smallest absolute Gasteiger partial charge is 0.308 e. The number of aryl methyl sites for hydroxylation is 1. The number of nitrogens with zero attached hydrogens (tertiary/aromatic N) is 1. The van der Waals surface area contributed by atoms with Gasteiger partial charge in [0.1, 0.15) is 11.6 Å². The molecule has 0 radical (unpaired) electrons. The fourth-order valence-corrected chi connectivity index (χ4v) is 1.74. The second-order valence-electron chi connectivity index (χ2n) is 4.06. The number of nitrogens with one attached hydrogen (secondary N) is 1. The third-order valence-corrected chi connectivity index (χ3v) is 2.65. The summed E-state index contributed by atoms with van der Waals surface area (Å²) in [6.07, 6.45) is -0.391. The van der Waals surface area contributed by atoms with Crippen LogP contribution in [0, 0.1) is 12.7 Å². The summed E-state index contributed by atoms with van der Waals surface area (Å²) in [5, 5.41) is 8.71. The van der Waals surface area contributed by atoms with Gasteiger partial charge in [-0.25, -0.2) is 9.37 Å². The van der Waals surface area contributed by atoms with E-state index in [1.54, 1.807) is 13.0 Å². The Balaban J connectivity index is 2.51. The van der Waals surface area contributed by atoms with Gasteiger partial charge in [-0.15, -0.1) is 0 Å². The second kappa shape index (κ2) is 5.01. The third kappa shape index (κ3) is 2.85. The van der Waals surface area contributed by atoms with Crippen molar-refractivity contribution in [1.82, 2.24) is 9.97 Å². The average molecular weight is 262 g/mol. The molecule has 98 valence electrons. The average Bonchev–Trinajstić information content (AvgIpc) is 2.33. The van der Waals surface area contributed by atoms with Crippen LogP contribution >= 0.6 is 0 Å². The Morgan fingerprint density at radius 3 is 2.79 bits per heavy atom. The molecule has 19 heavy (non-hydrogen) atoms. The number of rotatable bonds is 3. The SMILES string of the molecule is Cc1nc(-c2cccc(F)c2)[nH]c(=O)c1CC(=O)O. The molecule has 5 nitrogen and oxygen atoms in total. The number of benzene rings is 1. The standard InChI is InChI=1S/C13H11FN2O3/c1-7-10(6-11(17)18)13(19)16-12(15-7)8-3-2-4-9(14)5-8/h2-5H,6H2,1H3,(H,17,18)(H,15,16,19). The van der Waals surface area contributed by atoms with Gasteiger partial charge in [0.15, 0.2) is 0 Å². The lowest BCUT2D eigenvalue weighted by Crippen LogP contribution is -2.20. The number of carbonyl (C=O) groups is 1. The normalized spacial score (nSPS) is 10.4. The van der Waals surface area contributed by atoms with Crippen molar-refractivity contribution >= 4 is 5.97 Å². The number of aromatic amines is 1. The highest BCUT2D eigenvalue weighted by atomic mass is 19.1. The van der Waals surface area contributed by atoms with E-state index in [0.29, 0.717) is 11.3 Å². The number of hydrogen-bond donors (Lipinski definition) is 2. The van der Waals surface area contributed by atoms with Crippen LogP contribution in [-0.2, 0) is 11.2 Å². The zero-order chi connectivity index (χ0) is 14.0. The third-order valence-electron chi connectivity index (χ3n) is 2.65. The Kier molecular flexibility index (Phi) is 3.41. The van der Waals surface area contributed by atoms with Crippen LogP contribution in [0.15, 0.2) is 29.1 Å². The highest BCUT2D eigenvalue weighted by Crippen LogP contribution is 2.15. The molecule has 0 aliphatic rings. The van der Waals surface area contributed by atoms with Crippen LogP contribution in [0.1, 0.15) is 11.3 Å². The first-order valence-electron chi connectivity index (χ1n) is 5.55. The summed E-state index contributed by atoms with van der Waals surface area (Å²) in [6.45, 7) is 1.55. The van der Waals surface area contributed by atoms with E-state index in [1.807, 2.05) is 0 Å². The van der Waals surface area contributed by atoms with Crippen LogP contribution in [-0.4, -0.2) is 21.0 Å². The second-order valence-corrected chi connectivity index (χ2v) is 4.06. The molecular formula is C13H11FN2O3. The molecule has 1 aromatic heterocycles. The van der Waals surface area contributed by atoms with Crippen molar-refractivity contribution in [3.05, 3.63) is 51.7 Å². The predicted octanol–water partition coefficient (Wildman–Crippen LogP) is 1.51. The molecule has 1 aromatic carbocycles. The summed E-state index contributed by atoms with van der Waals surface area (Å²) in [5.41, 5.74) is 0.342. The Morgan fingerprint density at radius 2 is 2.21 bits per heavy atom. The number of carboxylic acid groups (broad SMARTS) is 1. The molecule has 0 saturated carbocycles. The summed E-state index contributed by atoms with van der Waals surface area (Å²) in [4.78, 5) is 29.0. The van der Waals surface area contributed by atoms with E-state index in [-0.39, 0.29) is 11.4 Å². The molecule has 1 heterocycles. The van der Waals surface area contributed by atoms with Crippen LogP contribution in [0.3, 0.4) is 0 Å². The molecule has 0 amide bonds. The minimum Gasteiger partial charge on any atom is -0.481 e. The van der Waals surface area contributed by atoms with Gasteiger partial charge in [0.25, 0.3) is 5.56 Å². The lowest BCUT2D eigenvalue weighted by molar-refractivity contribution is -0.136. The van der Waals surface area contributed by atoms with Gasteiger partial charge in [-0.2, -0.15) is 0 Å².